The fraction of sp³-hybridized carbons (Fsp3) is 0.435. The molecule has 1 N–H and O–H groups in total. The number of fused-ring (bicyclic) bond motifs is 1. The Kier molecular flexibility index (Phi) is 6.08. The van der Waals surface area contributed by atoms with Crippen LogP contribution in [0.1, 0.15) is 12.8 Å². The number of hydrogen-bond donors (Lipinski definition) is 1. The van der Waals surface area contributed by atoms with Crippen LogP contribution in [0.3, 0.4) is 0 Å². The predicted molar refractivity (Wildman–Crippen MR) is 126 cm³/mol. The molecule has 0 aliphatic carbocycles. The minimum Gasteiger partial charge on any atom is -0.354 e. The second-order valence-corrected chi connectivity index (χ2v) is 8.98. The number of likely N-dealkylation sites (tertiary alicyclic amines) is 1. The highest BCUT2D eigenvalue weighted by atomic mass is 35.5. The third kappa shape index (κ3) is 4.48. The molecule has 0 radical (unpaired) electrons. The molecule has 0 bridgehead atoms. The molecule has 32 heavy (non-hydrogen) atoms. The summed E-state index contributed by atoms with van der Waals surface area (Å²) in [6.45, 7) is 6.39. The number of benzene rings is 1. The van der Waals surface area contributed by atoms with Gasteiger partial charge in [-0.3, -0.25) is 4.90 Å². The van der Waals surface area contributed by atoms with Gasteiger partial charge in [-0.15, -0.1) is 0 Å². The van der Waals surface area contributed by atoms with Crippen LogP contribution in [0, 0.1) is 5.82 Å². The summed E-state index contributed by atoms with van der Waals surface area (Å²) >= 11 is 5.92. The maximum Gasteiger partial charge on any atom is 0.160 e. The van der Waals surface area contributed by atoms with Gasteiger partial charge in [-0.05, 0) is 63.3 Å². The van der Waals surface area contributed by atoms with Crippen molar-refractivity contribution < 1.29 is 4.39 Å². The third-order valence-electron chi connectivity index (χ3n) is 6.49. The van der Waals surface area contributed by atoms with Gasteiger partial charge in [0.25, 0.3) is 0 Å². The zero-order valence-electron chi connectivity index (χ0n) is 18.1. The van der Waals surface area contributed by atoms with Crippen molar-refractivity contribution in [2.24, 2.45) is 0 Å². The van der Waals surface area contributed by atoms with Gasteiger partial charge in [0.2, 0.25) is 0 Å². The van der Waals surface area contributed by atoms with E-state index in [1.54, 1.807) is 6.07 Å². The van der Waals surface area contributed by atoms with Crippen LogP contribution in [0.5, 0.6) is 0 Å². The smallest absolute Gasteiger partial charge is 0.160 e. The molecule has 2 fully saturated rings. The first kappa shape index (κ1) is 21.3. The molecular weight excluding hydrogens is 429 g/mol. The van der Waals surface area contributed by atoms with Gasteiger partial charge in [0.1, 0.15) is 23.5 Å². The Morgan fingerprint density at radius 3 is 2.53 bits per heavy atom. The zero-order valence-corrected chi connectivity index (χ0v) is 18.9. The number of nitrogens with zero attached hydrogens (tertiary/aromatic N) is 6. The lowest BCUT2D eigenvalue weighted by molar-refractivity contribution is 0.115. The fourth-order valence-electron chi connectivity index (χ4n) is 4.58. The molecule has 2 aliphatic rings. The summed E-state index contributed by atoms with van der Waals surface area (Å²) in [6, 6.07) is 9.20. The van der Waals surface area contributed by atoms with Crippen molar-refractivity contribution in [2.45, 2.75) is 18.9 Å². The number of halogens is 2. The van der Waals surface area contributed by atoms with E-state index in [0.29, 0.717) is 23.1 Å². The van der Waals surface area contributed by atoms with Crippen molar-refractivity contribution >= 4 is 40.0 Å². The SMILES string of the molecule is CN1CCC(N2CCN(c3ccc4ncnc(Nc5ccc(F)c(Cl)c5)c4n3)CC2)CC1. The average Bonchev–Trinajstić information content (AvgIpc) is 2.82. The number of piperazine rings is 1. The van der Waals surface area contributed by atoms with E-state index in [1.807, 2.05) is 12.1 Å². The van der Waals surface area contributed by atoms with Crippen LogP contribution in [0.25, 0.3) is 11.0 Å². The first-order valence-corrected chi connectivity index (χ1v) is 11.5. The molecule has 7 nitrogen and oxygen atoms in total. The van der Waals surface area contributed by atoms with E-state index < -0.39 is 5.82 Å². The van der Waals surface area contributed by atoms with Crippen LogP contribution in [0.2, 0.25) is 5.02 Å². The number of hydrogen-bond acceptors (Lipinski definition) is 7. The maximum absolute atomic E-state index is 13.5. The number of aromatic nitrogens is 3. The Bertz CT molecular complexity index is 1090. The molecule has 2 aromatic heterocycles. The van der Waals surface area contributed by atoms with E-state index in [1.165, 1.54) is 44.4 Å². The predicted octanol–water partition coefficient (Wildman–Crippen LogP) is 3.78. The lowest BCUT2D eigenvalue weighted by Crippen LogP contribution is -2.53. The second-order valence-electron chi connectivity index (χ2n) is 8.57. The van der Waals surface area contributed by atoms with Gasteiger partial charge in [-0.2, -0.15) is 0 Å². The van der Waals surface area contributed by atoms with Gasteiger partial charge in [0, 0.05) is 37.9 Å². The largest absolute Gasteiger partial charge is 0.354 e. The summed E-state index contributed by atoms with van der Waals surface area (Å²) in [5.41, 5.74) is 2.09. The Morgan fingerprint density at radius 2 is 1.78 bits per heavy atom. The molecule has 0 unspecified atom stereocenters. The summed E-state index contributed by atoms with van der Waals surface area (Å²) in [5.74, 6) is 1.05. The van der Waals surface area contributed by atoms with E-state index in [0.717, 1.165) is 37.5 Å². The highest BCUT2D eigenvalue weighted by Gasteiger charge is 2.27. The van der Waals surface area contributed by atoms with Crippen molar-refractivity contribution in [3.8, 4) is 0 Å². The van der Waals surface area contributed by atoms with E-state index in [4.69, 9.17) is 16.6 Å². The van der Waals surface area contributed by atoms with Crippen LogP contribution in [-0.4, -0.2) is 77.1 Å². The molecule has 4 heterocycles. The van der Waals surface area contributed by atoms with E-state index in [-0.39, 0.29) is 5.02 Å². The molecule has 1 aromatic carbocycles. The van der Waals surface area contributed by atoms with Gasteiger partial charge in [0.15, 0.2) is 5.82 Å². The van der Waals surface area contributed by atoms with Crippen molar-refractivity contribution in [1.29, 1.82) is 0 Å². The van der Waals surface area contributed by atoms with Gasteiger partial charge < -0.3 is 15.1 Å². The van der Waals surface area contributed by atoms with Gasteiger partial charge in [0.05, 0.1) is 10.5 Å². The Balaban J connectivity index is 1.32. The molecule has 2 aliphatic heterocycles. The van der Waals surface area contributed by atoms with Crippen LogP contribution >= 0.6 is 11.6 Å². The normalized spacial score (nSPS) is 18.9. The monoisotopic (exact) mass is 455 g/mol. The summed E-state index contributed by atoms with van der Waals surface area (Å²) in [5, 5.41) is 3.26. The van der Waals surface area contributed by atoms with Crippen molar-refractivity contribution in [1.82, 2.24) is 24.8 Å². The second kappa shape index (κ2) is 9.13. The number of piperidine rings is 1. The van der Waals surface area contributed by atoms with E-state index in [2.05, 4.69) is 37.0 Å². The molecule has 0 atom stereocenters. The van der Waals surface area contributed by atoms with Crippen molar-refractivity contribution in [3.63, 3.8) is 0 Å². The summed E-state index contributed by atoms with van der Waals surface area (Å²) < 4.78 is 13.5. The summed E-state index contributed by atoms with van der Waals surface area (Å²) in [4.78, 5) is 21.0. The number of anilines is 3. The highest BCUT2D eigenvalue weighted by molar-refractivity contribution is 6.31. The maximum atomic E-state index is 13.5. The quantitative estimate of drug-likeness (QED) is 0.642. The van der Waals surface area contributed by atoms with E-state index >= 15 is 0 Å². The molecule has 2 saturated heterocycles. The van der Waals surface area contributed by atoms with Crippen LogP contribution < -0.4 is 10.2 Å². The molecule has 0 spiro atoms. The number of rotatable bonds is 4. The van der Waals surface area contributed by atoms with Crippen molar-refractivity contribution in [3.05, 3.63) is 47.5 Å². The molecule has 5 rings (SSSR count). The first-order chi connectivity index (χ1) is 15.6. The topological polar surface area (TPSA) is 60.4 Å². The molecule has 3 aromatic rings. The Morgan fingerprint density at radius 1 is 1.00 bits per heavy atom. The van der Waals surface area contributed by atoms with Crippen LogP contribution in [-0.2, 0) is 0 Å². The standard InChI is InChI=1S/C23H27ClFN7/c1-30-8-6-17(7-9-30)31-10-12-32(13-11-31)21-5-4-20-22(29-21)23(27-15-26-20)28-16-2-3-19(25)18(24)14-16/h2-5,14-15,17H,6-13H2,1H3,(H,26,27,28). The molecule has 9 heteroatoms. The Labute approximate surface area is 192 Å². The number of pyridine rings is 1. The zero-order chi connectivity index (χ0) is 22.1. The highest BCUT2D eigenvalue weighted by Crippen LogP contribution is 2.27. The molecule has 168 valence electrons. The minimum atomic E-state index is -0.454. The Hall–Kier alpha value is -2.55. The van der Waals surface area contributed by atoms with Gasteiger partial charge in [-0.1, -0.05) is 11.6 Å². The van der Waals surface area contributed by atoms with Gasteiger partial charge in [-0.25, -0.2) is 19.3 Å². The molecular formula is C23H27ClFN7. The molecule has 0 amide bonds. The van der Waals surface area contributed by atoms with Crippen molar-refractivity contribution in [2.75, 3.05) is 56.5 Å². The lowest BCUT2D eigenvalue weighted by atomic mass is 10.0. The fourth-order valence-corrected chi connectivity index (χ4v) is 4.76. The minimum absolute atomic E-state index is 0.0597. The van der Waals surface area contributed by atoms with Crippen LogP contribution in [0.4, 0.5) is 21.7 Å². The lowest BCUT2D eigenvalue weighted by Gasteiger charge is -2.42. The average molecular weight is 456 g/mol. The van der Waals surface area contributed by atoms with E-state index in [9.17, 15) is 4.39 Å². The number of nitrogens with one attached hydrogen (secondary N) is 1. The first-order valence-electron chi connectivity index (χ1n) is 11.1. The van der Waals surface area contributed by atoms with Crippen LogP contribution in [0.15, 0.2) is 36.7 Å². The third-order valence-corrected chi connectivity index (χ3v) is 6.78. The van der Waals surface area contributed by atoms with Gasteiger partial charge >= 0.3 is 0 Å². The summed E-state index contributed by atoms with van der Waals surface area (Å²) in [7, 11) is 2.21. The summed E-state index contributed by atoms with van der Waals surface area (Å²) in [6.07, 6.45) is 4.01. The molecule has 0 saturated carbocycles.